The van der Waals surface area contributed by atoms with Gasteiger partial charge >= 0.3 is 0 Å². The molecule has 0 amide bonds. The molecule has 1 atom stereocenters. The number of hydrogen-bond donors (Lipinski definition) is 0. The maximum Gasteiger partial charge on any atom is -0.0300 e. The van der Waals surface area contributed by atoms with Gasteiger partial charge in [-0.15, -0.1) is 0 Å². The molecule has 1 saturated carbocycles. The van der Waals surface area contributed by atoms with Crippen LogP contribution < -0.4 is 0 Å². The maximum absolute atomic E-state index is 2.38. The van der Waals surface area contributed by atoms with Crippen molar-refractivity contribution >= 4 is 0 Å². The average molecular weight is 154 g/mol. The molecule has 1 aliphatic carbocycles. The Hall–Kier alpha value is 0. The smallest absolute Gasteiger partial charge is 0.0300 e. The first-order valence-corrected chi connectivity index (χ1v) is 5.22. The van der Waals surface area contributed by atoms with Crippen molar-refractivity contribution in [1.82, 2.24) is 0 Å². The zero-order valence-corrected chi connectivity index (χ0v) is 8.32. The van der Waals surface area contributed by atoms with Gasteiger partial charge in [-0.2, -0.15) is 0 Å². The number of hydrogen-bond acceptors (Lipinski definition) is 0. The fourth-order valence-corrected chi connectivity index (χ4v) is 1.71. The predicted octanol–water partition coefficient (Wildman–Crippen LogP) is 4.00. The molecule has 0 heteroatoms. The zero-order valence-electron chi connectivity index (χ0n) is 8.32. The Kier molecular flexibility index (Phi) is 2.98. The van der Waals surface area contributed by atoms with Crippen molar-refractivity contribution in [2.75, 3.05) is 0 Å². The molecule has 0 aromatic rings. The fraction of sp³-hybridized carbons (Fsp3) is 1.00. The molecule has 1 fully saturated rings. The van der Waals surface area contributed by atoms with Gasteiger partial charge in [0.2, 0.25) is 0 Å². The Morgan fingerprint density at radius 3 is 2.27 bits per heavy atom. The van der Waals surface area contributed by atoms with Crippen LogP contribution in [0.2, 0.25) is 0 Å². The Balaban J connectivity index is 2.11. The largest absolute Gasteiger partial charge is 0.0651 e. The molecule has 0 aromatic heterocycles. The van der Waals surface area contributed by atoms with Gasteiger partial charge in [0.25, 0.3) is 0 Å². The van der Waals surface area contributed by atoms with Gasteiger partial charge < -0.3 is 0 Å². The van der Waals surface area contributed by atoms with Crippen LogP contribution in [0.5, 0.6) is 0 Å². The van der Waals surface area contributed by atoms with Crippen LogP contribution in [0.1, 0.15) is 59.3 Å². The van der Waals surface area contributed by atoms with Crippen molar-refractivity contribution in [1.29, 1.82) is 0 Å². The minimum atomic E-state index is 0.823. The van der Waals surface area contributed by atoms with Gasteiger partial charge in [-0.05, 0) is 30.6 Å². The van der Waals surface area contributed by atoms with Gasteiger partial charge in [-0.25, -0.2) is 0 Å². The summed E-state index contributed by atoms with van der Waals surface area (Å²) in [6.07, 6.45) is 8.77. The van der Waals surface area contributed by atoms with Gasteiger partial charge in [-0.1, -0.05) is 40.0 Å². The van der Waals surface area contributed by atoms with E-state index in [-0.39, 0.29) is 0 Å². The van der Waals surface area contributed by atoms with E-state index >= 15 is 0 Å². The summed E-state index contributed by atoms with van der Waals surface area (Å²) in [5.41, 5.74) is 0.823. The second-order valence-electron chi connectivity index (χ2n) is 4.41. The summed E-state index contributed by atoms with van der Waals surface area (Å²) in [7, 11) is 0. The molecular weight excluding hydrogens is 132 g/mol. The normalized spacial score (nSPS) is 23.2. The molecule has 0 spiro atoms. The quantitative estimate of drug-likeness (QED) is 0.561. The summed E-state index contributed by atoms with van der Waals surface area (Å²) in [4.78, 5) is 0. The van der Waals surface area contributed by atoms with E-state index in [9.17, 15) is 0 Å². The van der Waals surface area contributed by atoms with Crippen LogP contribution in [0.4, 0.5) is 0 Å². The van der Waals surface area contributed by atoms with Crippen LogP contribution in [0.3, 0.4) is 0 Å². The standard InChI is InChI=1S/C11H22/c1-4-10(3)6-7-11(5-2)8-9-11/h10H,4-9H2,1-3H3. The summed E-state index contributed by atoms with van der Waals surface area (Å²) in [6.45, 7) is 7.03. The van der Waals surface area contributed by atoms with Crippen molar-refractivity contribution in [3.05, 3.63) is 0 Å². The first kappa shape index (κ1) is 9.09. The molecule has 1 rings (SSSR count). The van der Waals surface area contributed by atoms with E-state index in [2.05, 4.69) is 20.8 Å². The molecule has 0 heterocycles. The highest BCUT2D eigenvalue weighted by Crippen LogP contribution is 2.52. The molecule has 1 aliphatic rings. The molecule has 11 heavy (non-hydrogen) atoms. The molecule has 0 aromatic carbocycles. The SMILES string of the molecule is CCC(C)CCC1(CC)CC1. The van der Waals surface area contributed by atoms with Crippen molar-refractivity contribution < 1.29 is 0 Å². The minimum Gasteiger partial charge on any atom is -0.0651 e. The van der Waals surface area contributed by atoms with Crippen molar-refractivity contribution in [2.24, 2.45) is 11.3 Å². The minimum absolute atomic E-state index is 0.823. The van der Waals surface area contributed by atoms with Gasteiger partial charge in [0.1, 0.15) is 0 Å². The molecule has 66 valence electrons. The van der Waals surface area contributed by atoms with Crippen molar-refractivity contribution in [3.63, 3.8) is 0 Å². The van der Waals surface area contributed by atoms with Crippen LogP contribution in [-0.4, -0.2) is 0 Å². The summed E-state index contributed by atoms with van der Waals surface area (Å²) in [5.74, 6) is 0.957. The van der Waals surface area contributed by atoms with E-state index in [4.69, 9.17) is 0 Å². The highest BCUT2D eigenvalue weighted by Gasteiger charge is 2.39. The zero-order chi connectivity index (χ0) is 8.32. The lowest BCUT2D eigenvalue weighted by atomic mass is 9.91. The maximum atomic E-state index is 2.38. The predicted molar refractivity (Wildman–Crippen MR) is 50.6 cm³/mol. The lowest BCUT2D eigenvalue weighted by molar-refractivity contribution is 0.377. The fourth-order valence-electron chi connectivity index (χ4n) is 1.71. The van der Waals surface area contributed by atoms with E-state index in [1.165, 1.54) is 38.5 Å². The highest BCUT2D eigenvalue weighted by molar-refractivity contribution is 4.91. The summed E-state index contributed by atoms with van der Waals surface area (Å²) >= 11 is 0. The van der Waals surface area contributed by atoms with E-state index in [1.54, 1.807) is 0 Å². The van der Waals surface area contributed by atoms with Crippen molar-refractivity contribution in [2.45, 2.75) is 59.3 Å². The first-order chi connectivity index (χ1) is 5.22. The summed E-state index contributed by atoms with van der Waals surface area (Å²) < 4.78 is 0. The Labute approximate surface area is 71.4 Å². The third-order valence-corrected chi connectivity index (χ3v) is 3.57. The summed E-state index contributed by atoms with van der Waals surface area (Å²) in [6, 6.07) is 0. The molecule has 0 saturated heterocycles. The average Bonchev–Trinajstić information content (AvgIpc) is 2.81. The van der Waals surface area contributed by atoms with E-state index in [0.717, 1.165) is 11.3 Å². The third-order valence-electron chi connectivity index (χ3n) is 3.57. The molecule has 0 radical (unpaired) electrons. The second-order valence-corrected chi connectivity index (χ2v) is 4.41. The van der Waals surface area contributed by atoms with Gasteiger partial charge in [0, 0.05) is 0 Å². The Morgan fingerprint density at radius 2 is 1.91 bits per heavy atom. The molecule has 0 N–H and O–H groups in total. The second kappa shape index (κ2) is 3.60. The third kappa shape index (κ3) is 2.50. The summed E-state index contributed by atoms with van der Waals surface area (Å²) in [5, 5.41) is 0. The van der Waals surface area contributed by atoms with E-state index in [0.29, 0.717) is 0 Å². The monoisotopic (exact) mass is 154 g/mol. The van der Waals surface area contributed by atoms with Crippen LogP contribution in [0, 0.1) is 11.3 Å². The number of rotatable bonds is 5. The van der Waals surface area contributed by atoms with Crippen LogP contribution in [0.15, 0.2) is 0 Å². The van der Waals surface area contributed by atoms with E-state index in [1.807, 2.05) is 0 Å². The molecule has 0 aliphatic heterocycles. The lowest BCUT2D eigenvalue weighted by Crippen LogP contribution is -2.01. The van der Waals surface area contributed by atoms with Crippen LogP contribution in [-0.2, 0) is 0 Å². The molecule has 1 unspecified atom stereocenters. The van der Waals surface area contributed by atoms with E-state index < -0.39 is 0 Å². The molecule has 0 bridgehead atoms. The van der Waals surface area contributed by atoms with Crippen LogP contribution in [0.25, 0.3) is 0 Å². The molecule has 0 nitrogen and oxygen atoms in total. The van der Waals surface area contributed by atoms with Gasteiger partial charge in [-0.3, -0.25) is 0 Å². The first-order valence-electron chi connectivity index (χ1n) is 5.22. The van der Waals surface area contributed by atoms with Gasteiger partial charge in [0.05, 0.1) is 0 Å². The topological polar surface area (TPSA) is 0 Å². The van der Waals surface area contributed by atoms with Crippen molar-refractivity contribution in [3.8, 4) is 0 Å². The van der Waals surface area contributed by atoms with Crippen LogP contribution >= 0.6 is 0 Å². The Bertz CT molecular complexity index is 111. The van der Waals surface area contributed by atoms with Gasteiger partial charge in [0.15, 0.2) is 0 Å². The molecular formula is C11H22. The lowest BCUT2D eigenvalue weighted by Gasteiger charge is -2.14. The Morgan fingerprint density at radius 1 is 1.27 bits per heavy atom. The highest BCUT2D eigenvalue weighted by atomic mass is 14.4.